The molecule has 5 rings (SSSR count). The molecule has 2 heterocycles. The van der Waals surface area contributed by atoms with Crippen LogP contribution in [0.2, 0.25) is 0 Å². The van der Waals surface area contributed by atoms with Gasteiger partial charge in [-0.25, -0.2) is 5.43 Å². The molecule has 1 amide bonds. The summed E-state index contributed by atoms with van der Waals surface area (Å²) in [6, 6.07) is 17.3. The molecule has 1 atom stereocenters. The van der Waals surface area contributed by atoms with Crippen molar-refractivity contribution in [3.8, 4) is 23.0 Å². The fourth-order valence-corrected chi connectivity index (χ4v) is 3.27. The van der Waals surface area contributed by atoms with E-state index < -0.39 is 6.10 Å². The first-order valence-corrected chi connectivity index (χ1v) is 9.48. The van der Waals surface area contributed by atoms with Gasteiger partial charge in [-0.2, -0.15) is 5.10 Å². The third kappa shape index (κ3) is 3.65. The molecule has 0 saturated heterocycles. The number of allylic oxidation sites excluding steroid dienone is 1. The van der Waals surface area contributed by atoms with Crippen LogP contribution in [0.4, 0.5) is 0 Å². The van der Waals surface area contributed by atoms with Crippen molar-refractivity contribution in [1.29, 1.82) is 0 Å². The van der Waals surface area contributed by atoms with Crippen LogP contribution in [0.25, 0.3) is 16.8 Å². The third-order valence-electron chi connectivity index (χ3n) is 4.78. The Morgan fingerprint density at radius 2 is 1.70 bits per heavy atom. The third-order valence-corrected chi connectivity index (χ3v) is 4.78. The summed E-state index contributed by atoms with van der Waals surface area (Å²) in [7, 11) is 0. The molecule has 0 saturated carbocycles. The molecule has 150 valence electrons. The van der Waals surface area contributed by atoms with Gasteiger partial charge in [-0.15, -0.1) is 0 Å². The molecule has 0 aromatic heterocycles. The molecule has 2 aliphatic rings. The Morgan fingerprint density at radius 3 is 2.57 bits per heavy atom. The highest BCUT2D eigenvalue weighted by atomic mass is 16.7. The molecular weight excluding hydrogens is 384 g/mol. The normalized spacial score (nSPS) is 17.0. The number of fused-ring (bicyclic) bond motifs is 3. The van der Waals surface area contributed by atoms with Gasteiger partial charge < -0.3 is 18.9 Å². The average molecular weight is 402 g/mol. The molecule has 0 radical (unpaired) electrons. The van der Waals surface area contributed by atoms with Gasteiger partial charge in [0, 0.05) is 6.21 Å². The van der Waals surface area contributed by atoms with Crippen LogP contribution in [-0.4, -0.2) is 31.6 Å². The maximum Gasteiger partial charge on any atom is 0.284 e. The topological polar surface area (TPSA) is 78.4 Å². The number of ether oxygens (including phenoxy) is 4. The molecule has 7 nitrogen and oxygen atoms in total. The lowest BCUT2D eigenvalue weighted by Gasteiger charge is -2.25. The van der Waals surface area contributed by atoms with Crippen molar-refractivity contribution in [2.45, 2.75) is 6.10 Å². The van der Waals surface area contributed by atoms with Crippen molar-refractivity contribution >= 4 is 29.0 Å². The van der Waals surface area contributed by atoms with E-state index in [0.29, 0.717) is 17.2 Å². The summed E-state index contributed by atoms with van der Waals surface area (Å²) in [5.74, 6) is 2.25. The van der Waals surface area contributed by atoms with E-state index in [1.165, 1.54) is 6.21 Å². The Hall–Kier alpha value is -4.00. The predicted molar refractivity (Wildman–Crippen MR) is 112 cm³/mol. The molecule has 0 bridgehead atoms. The number of carbonyl (C=O) groups excluding carboxylic acids is 1. The summed E-state index contributed by atoms with van der Waals surface area (Å²) in [6.07, 6.45) is 4.29. The van der Waals surface area contributed by atoms with Gasteiger partial charge in [0.25, 0.3) is 5.91 Å². The highest BCUT2D eigenvalue weighted by Crippen LogP contribution is 2.36. The lowest BCUT2D eigenvalue weighted by Crippen LogP contribution is -2.42. The van der Waals surface area contributed by atoms with E-state index in [1.54, 1.807) is 6.08 Å². The summed E-state index contributed by atoms with van der Waals surface area (Å²) in [5, 5.41) is 6.02. The van der Waals surface area contributed by atoms with Gasteiger partial charge in [-0.1, -0.05) is 36.4 Å². The minimum Gasteiger partial charge on any atom is -0.485 e. The van der Waals surface area contributed by atoms with Gasteiger partial charge in [0.2, 0.25) is 12.9 Å². The van der Waals surface area contributed by atoms with Gasteiger partial charge >= 0.3 is 0 Å². The van der Waals surface area contributed by atoms with Crippen LogP contribution in [0.5, 0.6) is 23.0 Å². The second-order valence-electron chi connectivity index (χ2n) is 6.79. The van der Waals surface area contributed by atoms with Crippen LogP contribution in [0.3, 0.4) is 0 Å². The molecule has 3 aromatic carbocycles. The maximum absolute atomic E-state index is 12.3. The van der Waals surface area contributed by atoms with E-state index >= 15 is 0 Å². The number of amides is 1. The van der Waals surface area contributed by atoms with E-state index in [9.17, 15) is 4.79 Å². The Labute approximate surface area is 172 Å². The van der Waals surface area contributed by atoms with Gasteiger partial charge in [-0.05, 0) is 46.7 Å². The number of carbonyl (C=O) groups is 1. The molecule has 7 heteroatoms. The SMILES string of the molecule is O=C(N/N=C/C=C/c1ccc2c(c1)OCO2)C1COc2cc3ccccc3cc2O1. The minimum absolute atomic E-state index is 0.125. The number of rotatable bonds is 4. The average Bonchev–Trinajstić information content (AvgIpc) is 3.25. The molecular formula is C23H18N2O5. The number of hydrogen-bond donors (Lipinski definition) is 1. The smallest absolute Gasteiger partial charge is 0.284 e. The molecule has 1 N–H and O–H groups in total. The van der Waals surface area contributed by atoms with Crippen molar-refractivity contribution < 1.29 is 23.7 Å². The summed E-state index contributed by atoms with van der Waals surface area (Å²) in [5.41, 5.74) is 3.41. The largest absolute Gasteiger partial charge is 0.485 e. The Balaban J connectivity index is 1.18. The summed E-state index contributed by atoms with van der Waals surface area (Å²) in [6.45, 7) is 0.364. The molecule has 2 aliphatic heterocycles. The van der Waals surface area contributed by atoms with Crippen LogP contribution in [0.15, 0.2) is 65.8 Å². The van der Waals surface area contributed by atoms with Crippen molar-refractivity contribution in [2.24, 2.45) is 5.10 Å². The number of hydrazone groups is 1. The number of nitrogens with one attached hydrogen (secondary N) is 1. The number of benzene rings is 3. The van der Waals surface area contributed by atoms with Gasteiger partial charge in [0.15, 0.2) is 23.0 Å². The zero-order chi connectivity index (χ0) is 20.3. The first-order valence-electron chi connectivity index (χ1n) is 9.48. The van der Waals surface area contributed by atoms with Gasteiger partial charge in [-0.3, -0.25) is 4.79 Å². The van der Waals surface area contributed by atoms with Crippen molar-refractivity contribution in [3.05, 3.63) is 66.2 Å². The molecule has 0 spiro atoms. The van der Waals surface area contributed by atoms with E-state index in [-0.39, 0.29) is 19.3 Å². The van der Waals surface area contributed by atoms with E-state index in [4.69, 9.17) is 18.9 Å². The highest BCUT2D eigenvalue weighted by molar-refractivity contribution is 5.87. The van der Waals surface area contributed by atoms with Crippen LogP contribution in [-0.2, 0) is 4.79 Å². The zero-order valence-electron chi connectivity index (χ0n) is 15.9. The highest BCUT2D eigenvalue weighted by Gasteiger charge is 2.27. The van der Waals surface area contributed by atoms with Crippen molar-refractivity contribution in [3.63, 3.8) is 0 Å². The van der Waals surface area contributed by atoms with Crippen molar-refractivity contribution in [2.75, 3.05) is 13.4 Å². The first kappa shape index (κ1) is 18.1. The van der Waals surface area contributed by atoms with Gasteiger partial charge in [0.1, 0.15) is 6.61 Å². The molecule has 30 heavy (non-hydrogen) atoms. The van der Waals surface area contributed by atoms with Crippen LogP contribution in [0.1, 0.15) is 5.56 Å². The summed E-state index contributed by atoms with van der Waals surface area (Å²) < 4.78 is 22.2. The van der Waals surface area contributed by atoms with Gasteiger partial charge in [0.05, 0.1) is 0 Å². The molecule has 3 aromatic rings. The second-order valence-corrected chi connectivity index (χ2v) is 6.79. The standard InChI is InChI=1S/C23H18N2O5/c26-23(25-24-9-3-4-15-7-8-18-19(10-15)29-14-28-18)22-13-27-20-11-16-5-1-2-6-17(16)12-21(20)30-22/h1-12,22H,13-14H2,(H,25,26)/b4-3+,24-9+. The molecule has 0 aliphatic carbocycles. The van der Waals surface area contributed by atoms with Crippen molar-refractivity contribution in [1.82, 2.24) is 5.43 Å². The van der Waals surface area contributed by atoms with Crippen LogP contribution < -0.4 is 24.4 Å². The second kappa shape index (κ2) is 7.79. The Bertz CT molecular complexity index is 1170. The molecule has 0 fully saturated rings. The Kier molecular flexibility index (Phi) is 4.69. The Morgan fingerprint density at radius 1 is 0.933 bits per heavy atom. The number of hydrogen-bond acceptors (Lipinski definition) is 6. The first-order chi connectivity index (χ1) is 14.8. The fourth-order valence-electron chi connectivity index (χ4n) is 3.27. The summed E-state index contributed by atoms with van der Waals surface area (Å²) >= 11 is 0. The quantitative estimate of drug-likeness (QED) is 0.534. The van der Waals surface area contributed by atoms with E-state index in [0.717, 1.165) is 22.1 Å². The van der Waals surface area contributed by atoms with E-state index in [1.807, 2.05) is 60.7 Å². The summed E-state index contributed by atoms with van der Waals surface area (Å²) in [4.78, 5) is 12.3. The fraction of sp³-hybridized carbons (Fsp3) is 0.130. The van der Waals surface area contributed by atoms with Crippen LogP contribution in [0, 0.1) is 0 Å². The lowest BCUT2D eigenvalue weighted by atomic mass is 10.1. The lowest BCUT2D eigenvalue weighted by molar-refractivity contribution is -0.130. The minimum atomic E-state index is -0.770. The zero-order valence-corrected chi connectivity index (χ0v) is 15.9. The monoisotopic (exact) mass is 402 g/mol. The van der Waals surface area contributed by atoms with Crippen LogP contribution >= 0.6 is 0 Å². The van der Waals surface area contributed by atoms with E-state index in [2.05, 4.69) is 10.5 Å². The molecule has 1 unspecified atom stereocenters. The maximum atomic E-state index is 12.3. The predicted octanol–water partition coefficient (Wildman–Crippen LogP) is 3.52. The number of nitrogens with zero attached hydrogens (tertiary/aromatic N) is 1.